The Balaban J connectivity index is 2.27. The number of urea groups is 1. The van der Waals surface area contributed by atoms with Crippen molar-refractivity contribution in [2.45, 2.75) is 12.5 Å². The van der Waals surface area contributed by atoms with Crippen molar-refractivity contribution in [3.8, 4) is 0 Å². The lowest BCUT2D eigenvalue weighted by atomic mass is 10.2. The summed E-state index contributed by atoms with van der Waals surface area (Å²) in [4.78, 5) is 25.8. The van der Waals surface area contributed by atoms with E-state index in [4.69, 9.17) is 10.2 Å². The normalized spacial score (nSPS) is 11.6. The number of carboxylic acid groups (broad SMARTS) is 1. The number of amides is 2. The number of aliphatic carboxylic acids is 1. The quantitative estimate of drug-likeness (QED) is 0.539. The molecular weight excluding hydrogens is 238 g/mol. The maximum atomic E-state index is 11.3. The van der Waals surface area contributed by atoms with Gasteiger partial charge in [-0.05, 0) is 18.1 Å². The Hall–Kier alpha value is -2.15. The molecule has 0 spiro atoms. The highest BCUT2D eigenvalue weighted by atomic mass is 16.4. The van der Waals surface area contributed by atoms with E-state index >= 15 is 0 Å². The van der Waals surface area contributed by atoms with Gasteiger partial charge in [0.05, 0.1) is 6.61 Å². The minimum atomic E-state index is -1.29. The molecule has 0 aliphatic rings. The molecule has 0 aliphatic heterocycles. The van der Waals surface area contributed by atoms with Crippen LogP contribution in [0.2, 0.25) is 0 Å². The van der Waals surface area contributed by atoms with E-state index < -0.39 is 24.6 Å². The molecule has 1 heterocycles. The van der Waals surface area contributed by atoms with Gasteiger partial charge in [-0.2, -0.15) is 0 Å². The van der Waals surface area contributed by atoms with E-state index in [9.17, 15) is 9.59 Å². The molecule has 0 saturated carbocycles. The van der Waals surface area contributed by atoms with Gasteiger partial charge in [0.15, 0.2) is 6.04 Å². The topological polar surface area (TPSA) is 112 Å². The lowest BCUT2D eigenvalue weighted by molar-refractivity contribution is -0.140. The second-order valence-electron chi connectivity index (χ2n) is 3.58. The molecule has 0 bridgehead atoms. The van der Waals surface area contributed by atoms with Crippen molar-refractivity contribution in [3.05, 3.63) is 30.1 Å². The Morgan fingerprint density at radius 3 is 2.78 bits per heavy atom. The fraction of sp³-hybridized carbons (Fsp3) is 0.364. The molecule has 1 rings (SSSR count). The maximum Gasteiger partial charge on any atom is 0.328 e. The molecule has 1 atom stereocenters. The third-order valence-electron chi connectivity index (χ3n) is 2.21. The SMILES string of the molecule is O=C(NCCc1cccnc1)NC(CO)C(=O)O. The summed E-state index contributed by atoms with van der Waals surface area (Å²) in [6.45, 7) is -0.291. The van der Waals surface area contributed by atoms with Crippen LogP contribution in [0.15, 0.2) is 24.5 Å². The number of rotatable bonds is 6. The first-order valence-corrected chi connectivity index (χ1v) is 5.40. The Labute approximate surface area is 104 Å². The molecule has 0 aromatic carbocycles. The molecule has 98 valence electrons. The van der Waals surface area contributed by atoms with Crippen LogP contribution in [0.1, 0.15) is 5.56 Å². The number of hydrogen-bond acceptors (Lipinski definition) is 4. The molecule has 0 aliphatic carbocycles. The summed E-state index contributed by atoms with van der Waals surface area (Å²) in [5.41, 5.74) is 0.967. The minimum absolute atomic E-state index is 0.356. The van der Waals surface area contributed by atoms with Crippen LogP contribution in [-0.2, 0) is 11.2 Å². The number of carbonyl (C=O) groups excluding carboxylic acids is 1. The third kappa shape index (κ3) is 4.79. The molecule has 0 radical (unpaired) electrons. The van der Waals surface area contributed by atoms with Crippen LogP contribution in [-0.4, -0.2) is 46.4 Å². The Morgan fingerprint density at radius 2 is 2.22 bits per heavy atom. The summed E-state index contributed by atoms with van der Waals surface area (Å²) in [6, 6.07) is 1.76. The average molecular weight is 253 g/mol. The first kappa shape index (κ1) is 13.9. The molecule has 1 unspecified atom stereocenters. The third-order valence-corrected chi connectivity index (χ3v) is 2.21. The highest BCUT2D eigenvalue weighted by Gasteiger charge is 2.17. The van der Waals surface area contributed by atoms with E-state index in [1.807, 2.05) is 6.07 Å². The number of nitrogens with one attached hydrogen (secondary N) is 2. The number of carbonyl (C=O) groups is 2. The van der Waals surface area contributed by atoms with E-state index in [1.54, 1.807) is 18.5 Å². The monoisotopic (exact) mass is 253 g/mol. The second-order valence-corrected chi connectivity index (χ2v) is 3.58. The predicted octanol–water partition coefficient (Wildman–Crippen LogP) is -0.631. The Kier molecular flexibility index (Phi) is 5.59. The number of aromatic nitrogens is 1. The van der Waals surface area contributed by atoms with Crippen LogP contribution in [0, 0.1) is 0 Å². The van der Waals surface area contributed by atoms with Crippen molar-refractivity contribution < 1.29 is 19.8 Å². The molecule has 2 amide bonds. The maximum absolute atomic E-state index is 11.3. The fourth-order valence-electron chi connectivity index (χ4n) is 1.26. The zero-order valence-corrected chi connectivity index (χ0v) is 9.67. The summed E-state index contributed by atoms with van der Waals surface area (Å²) in [7, 11) is 0. The highest BCUT2D eigenvalue weighted by Crippen LogP contribution is 1.95. The van der Waals surface area contributed by atoms with Crippen LogP contribution in [0.25, 0.3) is 0 Å². The largest absolute Gasteiger partial charge is 0.480 e. The summed E-state index contributed by atoms with van der Waals surface area (Å²) < 4.78 is 0. The van der Waals surface area contributed by atoms with Crippen LogP contribution < -0.4 is 10.6 Å². The minimum Gasteiger partial charge on any atom is -0.480 e. The van der Waals surface area contributed by atoms with Gasteiger partial charge in [0.25, 0.3) is 0 Å². The van der Waals surface area contributed by atoms with Gasteiger partial charge >= 0.3 is 12.0 Å². The van der Waals surface area contributed by atoms with Crippen LogP contribution in [0.5, 0.6) is 0 Å². The summed E-state index contributed by atoms with van der Waals surface area (Å²) in [5.74, 6) is -1.28. The van der Waals surface area contributed by atoms with Gasteiger partial charge < -0.3 is 20.8 Å². The van der Waals surface area contributed by atoms with Crippen molar-refractivity contribution in [1.29, 1.82) is 0 Å². The van der Waals surface area contributed by atoms with Gasteiger partial charge in [-0.3, -0.25) is 4.98 Å². The fourth-order valence-corrected chi connectivity index (χ4v) is 1.26. The smallest absolute Gasteiger partial charge is 0.328 e. The molecule has 1 aromatic rings. The molecule has 1 aromatic heterocycles. The molecule has 4 N–H and O–H groups in total. The van der Waals surface area contributed by atoms with Crippen LogP contribution in [0.4, 0.5) is 4.79 Å². The number of pyridine rings is 1. The summed E-state index contributed by atoms with van der Waals surface area (Å²) in [5, 5.41) is 22.0. The van der Waals surface area contributed by atoms with Crippen molar-refractivity contribution >= 4 is 12.0 Å². The lowest BCUT2D eigenvalue weighted by Gasteiger charge is -2.12. The van der Waals surface area contributed by atoms with Crippen molar-refractivity contribution in [2.24, 2.45) is 0 Å². The first-order chi connectivity index (χ1) is 8.63. The van der Waals surface area contributed by atoms with E-state index in [2.05, 4.69) is 15.6 Å². The number of aliphatic hydroxyl groups is 1. The number of aliphatic hydroxyl groups excluding tert-OH is 1. The van der Waals surface area contributed by atoms with Crippen molar-refractivity contribution in [2.75, 3.05) is 13.2 Å². The lowest BCUT2D eigenvalue weighted by Crippen LogP contribution is -2.48. The predicted molar refractivity (Wildman–Crippen MR) is 63.0 cm³/mol. The molecule has 0 fully saturated rings. The molecular formula is C11H15N3O4. The Morgan fingerprint density at radius 1 is 1.44 bits per heavy atom. The van der Waals surface area contributed by atoms with Gasteiger partial charge in [0, 0.05) is 18.9 Å². The zero-order valence-electron chi connectivity index (χ0n) is 9.67. The number of carboxylic acids is 1. The van der Waals surface area contributed by atoms with E-state index in [1.165, 1.54) is 0 Å². The molecule has 18 heavy (non-hydrogen) atoms. The van der Waals surface area contributed by atoms with E-state index in [0.717, 1.165) is 5.56 Å². The summed E-state index contributed by atoms with van der Waals surface area (Å²) in [6.07, 6.45) is 3.94. The van der Waals surface area contributed by atoms with Gasteiger partial charge in [-0.15, -0.1) is 0 Å². The highest BCUT2D eigenvalue weighted by molar-refractivity contribution is 5.82. The van der Waals surface area contributed by atoms with Gasteiger partial charge in [-0.1, -0.05) is 6.07 Å². The van der Waals surface area contributed by atoms with Crippen LogP contribution >= 0.6 is 0 Å². The molecule has 0 saturated heterocycles. The molecule has 7 nitrogen and oxygen atoms in total. The van der Waals surface area contributed by atoms with Crippen molar-refractivity contribution in [1.82, 2.24) is 15.6 Å². The van der Waals surface area contributed by atoms with E-state index in [0.29, 0.717) is 13.0 Å². The Bertz CT molecular complexity index is 397. The molecule has 7 heteroatoms. The van der Waals surface area contributed by atoms with Gasteiger partial charge in [0.1, 0.15) is 0 Å². The van der Waals surface area contributed by atoms with Crippen LogP contribution in [0.3, 0.4) is 0 Å². The number of nitrogens with zero attached hydrogens (tertiary/aromatic N) is 1. The summed E-state index contributed by atoms with van der Waals surface area (Å²) >= 11 is 0. The first-order valence-electron chi connectivity index (χ1n) is 5.40. The van der Waals surface area contributed by atoms with Crippen molar-refractivity contribution in [3.63, 3.8) is 0 Å². The number of hydrogen-bond donors (Lipinski definition) is 4. The second kappa shape index (κ2) is 7.23. The zero-order chi connectivity index (χ0) is 13.4. The van der Waals surface area contributed by atoms with Gasteiger partial charge in [0.2, 0.25) is 0 Å². The van der Waals surface area contributed by atoms with E-state index in [-0.39, 0.29) is 0 Å². The average Bonchev–Trinajstić information content (AvgIpc) is 2.37. The van der Waals surface area contributed by atoms with Gasteiger partial charge in [-0.25, -0.2) is 9.59 Å². The standard InChI is InChI=1S/C11H15N3O4/c15-7-9(10(16)17)14-11(18)13-5-3-8-2-1-4-12-6-8/h1-2,4,6,9,15H,3,5,7H2,(H,16,17)(H2,13,14,18).